The van der Waals surface area contributed by atoms with Crippen LogP contribution in [0.3, 0.4) is 0 Å². The predicted octanol–water partition coefficient (Wildman–Crippen LogP) is 2.23. The van der Waals surface area contributed by atoms with Crippen LogP contribution in [0.25, 0.3) is 0 Å². The zero-order valence-corrected chi connectivity index (χ0v) is 12.2. The Kier molecular flexibility index (Phi) is 3.54. The fourth-order valence-electron chi connectivity index (χ4n) is 2.52. The summed E-state index contributed by atoms with van der Waals surface area (Å²) in [6, 6.07) is 10.7. The molecule has 20 heavy (non-hydrogen) atoms. The number of amides is 1. The van der Waals surface area contributed by atoms with E-state index in [1.165, 1.54) is 0 Å². The number of benzene rings is 1. The fraction of sp³-hybridized carbons (Fsp3) is 0.200. The van der Waals surface area contributed by atoms with Gasteiger partial charge in [0.05, 0.1) is 12.1 Å². The molecule has 1 aliphatic rings. The summed E-state index contributed by atoms with van der Waals surface area (Å²) < 4.78 is 0.609. The molecule has 2 atom stereocenters. The summed E-state index contributed by atoms with van der Waals surface area (Å²) in [5.41, 5.74) is 2.59. The summed E-state index contributed by atoms with van der Waals surface area (Å²) in [6.07, 6.45) is 1.56. The van der Waals surface area contributed by atoms with E-state index < -0.39 is 6.10 Å². The van der Waals surface area contributed by atoms with E-state index in [2.05, 4.69) is 26.2 Å². The molecule has 3 rings (SSSR count). The Morgan fingerprint density at radius 1 is 1.35 bits per heavy atom. The van der Waals surface area contributed by atoms with Gasteiger partial charge in [-0.05, 0) is 39.2 Å². The number of hydrogen-bond donors (Lipinski definition) is 2. The smallest absolute Gasteiger partial charge is 0.252 e. The van der Waals surface area contributed by atoms with E-state index in [0.29, 0.717) is 16.6 Å². The highest BCUT2D eigenvalue weighted by Gasteiger charge is 2.31. The topological polar surface area (TPSA) is 62.2 Å². The van der Waals surface area contributed by atoms with E-state index in [9.17, 15) is 9.90 Å². The Morgan fingerprint density at radius 2 is 2.15 bits per heavy atom. The highest BCUT2D eigenvalue weighted by Crippen LogP contribution is 2.31. The molecule has 5 heteroatoms. The van der Waals surface area contributed by atoms with Gasteiger partial charge in [-0.3, -0.25) is 4.79 Å². The van der Waals surface area contributed by atoms with Crippen LogP contribution < -0.4 is 5.32 Å². The van der Waals surface area contributed by atoms with E-state index in [0.717, 1.165) is 11.1 Å². The molecule has 4 nitrogen and oxygen atoms in total. The highest BCUT2D eigenvalue weighted by molar-refractivity contribution is 9.10. The minimum atomic E-state index is -0.582. The summed E-state index contributed by atoms with van der Waals surface area (Å²) in [6.45, 7) is 0. The van der Waals surface area contributed by atoms with Gasteiger partial charge in [-0.1, -0.05) is 24.3 Å². The molecule has 102 valence electrons. The van der Waals surface area contributed by atoms with Crippen LogP contribution in [0.5, 0.6) is 0 Å². The van der Waals surface area contributed by atoms with E-state index in [1.54, 1.807) is 18.3 Å². The minimum Gasteiger partial charge on any atom is -0.390 e. The van der Waals surface area contributed by atoms with Crippen molar-refractivity contribution in [1.29, 1.82) is 0 Å². The summed E-state index contributed by atoms with van der Waals surface area (Å²) in [5, 5.41) is 13.0. The molecule has 0 fully saturated rings. The lowest BCUT2D eigenvalue weighted by molar-refractivity contribution is 0.0858. The standard InChI is InChI=1S/C15H13BrN2O2/c16-13-8-10(5-6-17-13)15(20)18-14-11-4-2-1-3-9(11)7-12(14)19/h1-6,8,12,14,19H,7H2,(H,18,20)/t12-,14+/m1/s1. The third-order valence-corrected chi connectivity index (χ3v) is 3.91. The number of aliphatic hydroxyl groups is 1. The number of pyridine rings is 1. The van der Waals surface area contributed by atoms with E-state index in [1.807, 2.05) is 24.3 Å². The third-order valence-electron chi connectivity index (χ3n) is 3.48. The van der Waals surface area contributed by atoms with Crippen molar-refractivity contribution in [2.75, 3.05) is 0 Å². The second-order valence-corrected chi connectivity index (χ2v) is 5.60. The van der Waals surface area contributed by atoms with Crippen molar-refractivity contribution in [1.82, 2.24) is 10.3 Å². The van der Waals surface area contributed by atoms with Crippen LogP contribution in [0.15, 0.2) is 47.2 Å². The van der Waals surface area contributed by atoms with Crippen LogP contribution in [0, 0.1) is 0 Å². The molecule has 1 aliphatic carbocycles. The summed E-state index contributed by atoms with van der Waals surface area (Å²) in [5.74, 6) is -0.214. The second kappa shape index (κ2) is 5.34. The molecule has 1 aromatic heterocycles. The molecule has 0 aliphatic heterocycles. The Morgan fingerprint density at radius 3 is 2.95 bits per heavy atom. The van der Waals surface area contributed by atoms with Gasteiger partial charge in [0.2, 0.25) is 0 Å². The van der Waals surface area contributed by atoms with Gasteiger partial charge in [0.25, 0.3) is 5.91 Å². The van der Waals surface area contributed by atoms with Gasteiger partial charge in [-0.25, -0.2) is 4.98 Å². The first-order valence-electron chi connectivity index (χ1n) is 6.33. The number of nitrogens with one attached hydrogen (secondary N) is 1. The zero-order valence-electron chi connectivity index (χ0n) is 10.6. The van der Waals surface area contributed by atoms with Crippen LogP contribution in [-0.2, 0) is 6.42 Å². The van der Waals surface area contributed by atoms with Crippen LogP contribution >= 0.6 is 15.9 Å². The normalized spacial score (nSPS) is 20.5. The van der Waals surface area contributed by atoms with Gasteiger partial charge in [0.15, 0.2) is 0 Å². The first-order chi connectivity index (χ1) is 9.65. The average Bonchev–Trinajstić information content (AvgIpc) is 2.75. The Labute approximate surface area is 125 Å². The first-order valence-corrected chi connectivity index (χ1v) is 7.13. The van der Waals surface area contributed by atoms with Crippen LogP contribution in [-0.4, -0.2) is 22.1 Å². The molecule has 0 bridgehead atoms. The van der Waals surface area contributed by atoms with Crippen molar-refractivity contribution in [3.05, 3.63) is 63.9 Å². The molecule has 0 spiro atoms. The molecule has 1 amide bonds. The average molecular weight is 333 g/mol. The van der Waals surface area contributed by atoms with Crippen molar-refractivity contribution >= 4 is 21.8 Å². The lowest BCUT2D eigenvalue weighted by Crippen LogP contribution is -2.33. The third kappa shape index (κ3) is 2.46. The molecular formula is C15H13BrN2O2. The lowest BCUT2D eigenvalue weighted by Gasteiger charge is -2.18. The number of aliphatic hydroxyl groups excluding tert-OH is 1. The number of fused-ring (bicyclic) bond motifs is 1. The van der Waals surface area contributed by atoms with Crippen molar-refractivity contribution < 1.29 is 9.90 Å². The summed E-state index contributed by atoms with van der Waals surface area (Å²) in [7, 11) is 0. The van der Waals surface area contributed by atoms with Crippen LogP contribution in [0.2, 0.25) is 0 Å². The first kappa shape index (κ1) is 13.3. The molecule has 0 radical (unpaired) electrons. The van der Waals surface area contributed by atoms with Gasteiger partial charge in [0.1, 0.15) is 4.60 Å². The summed E-state index contributed by atoms with van der Waals surface area (Å²) >= 11 is 3.24. The molecule has 0 saturated heterocycles. The second-order valence-electron chi connectivity index (χ2n) is 4.79. The maximum absolute atomic E-state index is 12.2. The van der Waals surface area contributed by atoms with Crippen molar-refractivity contribution in [3.8, 4) is 0 Å². The maximum Gasteiger partial charge on any atom is 0.252 e. The predicted molar refractivity (Wildman–Crippen MR) is 78.3 cm³/mol. The zero-order chi connectivity index (χ0) is 14.1. The monoisotopic (exact) mass is 332 g/mol. The molecule has 1 heterocycles. The molecule has 0 saturated carbocycles. The van der Waals surface area contributed by atoms with Gasteiger partial charge in [-0.2, -0.15) is 0 Å². The number of hydrogen-bond acceptors (Lipinski definition) is 3. The molecule has 2 N–H and O–H groups in total. The Hall–Kier alpha value is -1.72. The number of carbonyl (C=O) groups is 1. The Bertz CT molecular complexity index is 660. The quantitative estimate of drug-likeness (QED) is 0.829. The number of nitrogens with zero attached hydrogens (tertiary/aromatic N) is 1. The molecular weight excluding hydrogens is 320 g/mol. The van der Waals surface area contributed by atoms with E-state index in [4.69, 9.17) is 0 Å². The van der Waals surface area contributed by atoms with Crippen LogP contribution in [0.4, 0.5) is 0 Å². The Balaban J connectivity index is 1.83. The number of carbonyl (C=O) groups excluding carboxylic acids is 1. The highest BCUT2D eigenvalue weighted by atomic mass is 79.9. The van der Waals surface area contributed by atoms with Crippen LogP contribution in [0.1, 0.15) is 27.5 Å². The number of rotatable bonds is 2. The fourth-order valence-corrected chi connectivity index (χ4v) is 2.88. The summed E-state index contributed by atoms with van der Waals surface area (Å²) in [4.78, 5) is 16.2. The number of halogens is 1. The maximum atomic E-state index is 12.2. The largest absolute Gasteiger partial charge is 0.390 e. The van der Waals surface area contributed by atoms with Gasteiger partial charge in [0, 0.05) is 18.2 Å². The van der Waals surface area contributed by atoms with E-state index in [-0.39, 0.29) is 11.9 Å². The number of aromatic nitrogens is 1. The van der Waals surface area contributed by atoms with Crippen molar-refractivity contribution in [3.63, 3.8) is 0 Å². The van der Waals surface area contributed by atoms with Gasteiger partial charge < -0.3 is 10.4 Å². The minimum absolute atomic E-state index is 0.214. The van der Waals surface area contributed by atoms with Crippen molar-refractivity contribution in [2.24, 2.45) is 0 Å². The molecule has 0 unspecified atom stereocenters. The SMILES string of the molecule is O=C(N[C@H]1c2ccccc2C[C@H]1O)c1ccnc(Br)c1. The van der Waals surface area contributed by atoms with E-state index >= 15 is 0 Å². The van der Waals surface area contributed by atoms with Gasteiger partial charge in [-0.15, -0.1) is 0 Å². The molecule has 2 aromatic rings. The van der Waals surface area contributed by atoms with Gasteiger partial charge >= 0.3 is 0 Å². The lowest BCUT2D eigenvalue weighted by atomic mass is 10.1. The van der Waals surface area contributed by atoms with Crippen molar-refractivity contribution in [2.45, 2.75) is 18.6 Å². The molecule has 1 aromatic carbocycles.